The standard InChI is InChI=1S/C16H18N4O3/c1-9-8-11(20(19-9)10-6-4-5-7-17-10)18-14(21)12-13(15(22)23)16(12,2)3/h4-8,12-13H,1-3H3,(H,18,21)(H,22,23)/t12-,13+/m0/s1. The van der Waals surface area contributed by atoms with Crippen molar-refractivity contribution in [2.75, 3.05) is 5.32 Å². The van der Waals surface area contributed by atoms with Gasteiger partial charge in [-0.2, -0.15) is 9.78 Å². The third-order valence-electron chi connectivity index (χ3n) is 4.32. The predicted molar refractivity (Wildman–Crippen MR) is 83.1 cm³/mol. The van der Waals surface area contributed by atoms with Gasteiger partial charge in [-0.05, 0) is 24.5 Å². The first kappa shape index (κ1) is 15.2. The molecule has 7 heteroatoms. The van der Waals surface area contributed by atoms with Crippen LogP contribution in [0.3, 0.4) is 0 Å². The molecular formula is C16H18N4O3. The van der Waals surface area contributed by atoms with Crippen molar-refractivity contribution in [3.05, 3.63) is 36.2 Å². The third-order valence-corrected chi connectivity index (χ3v) is 4.32. The normalized spacial score (nSPS) is 21.7. The Balaban J connectivity index is 1.85. The maximum atomic E-state index is 12.5. The van der Waals surface area contributed by atoms with E-state index in [2.05, 4.69) is 15.4 Å². The highest BCUT2D eigenvalue weighted by Crippen LogP contribution is 2.58. The van der Waals surface area contributed by atoms with Crippen LogP contribution in [0.4, 0.5) is 5.82 Å². The zero-order chi connectivity index (χ0) is 16.8. The number of aliphatic carboxylic acids is 1. The van der Waals surface area contributed by atoms with E-state index in [1.165, 1.54) is 0 Å². The van der Waals surface area contributed by atoms with Crippen molar-refractivity contribution < 1.29 is 14.7 Å². The number of carboxylic acid groups (broad SMARTS) is 1. The number of carboxylic acids is 1. The van der Waals surface area contributed by atoms with Gasteiger partial charge in [-0.15, -0.1) is 0 Å². The van der Waals surface area contributed by atoms with Crippen LogP contribution in [0.25, 0.3) is 5.82 Å². The first-order valence-electron chi connectivity index (χ1n) is 7.34. The second-order valence-corrected chi connectivity index (χ2v) is 6.37. The van der Waals surface area contributed by atoms with Crippen LogP contribution in [0.2, 0.25) is 0 Å². The van der Waals surface area contributed by atoms with Crippen LogP contribution in [-0.4, -0.2) is 31.7 Å². The van der Waals surface area contributed by atoms with Crippen LogP contribution in [0.1, 0.15) is 19.5 Å². The lowest BCUT2D eigenvalue weighted by atomic mass is 10.1. The molecule has 1 amide bonds. The fraction of sp³-hybridized carbons (Fsp3) is 0.375. The molecule has 0 bridgehead atoms. The molecule has 2 N–H and O–H groups in total. The second kappa shape index (κ2) is 5.19. The lowest BCUT2D eigenvalue weighted by molar-refractivity contribution is -0.140. The Kier molecular flexibility index (Phi) is 3.43. The van der Waals surface area contributed by atoms with E-state index in [1.54, 1.807) is 42.9 Å². The molecule has 23 heavy (non-hydrogen) atoms. The van der Waals surface area contributed by atoms with Gasteiger partial charge in [0.15, 0.2) is 5.82 Å². The molecule has 1 aliphatic rings. The number of hydrogen-bond acceptors (Lipinski definition) is 4. The van der Waals surface area contributed by atoms with Gasteiger partial charge in [0.2, 0.25) is 5.91 Å². The zero-order valence-electron chi connectivity index (χ0n) is 13.1. The van der Waals surface area contributed by atoms with Gasteiger partial charge in [0.05, 0.1) is 17.5 Å². The molecule has 0 unspecified atom stereocenters. The summed E-state index contributed by atoms with van der Waals surface area (Å²) in [6.07, 6.45) is 1.64. The minimum Gasteiger partial charge on any atom is -0.481 e. The van der Waals surface area contributed by atoms with Crippen LogP contribution < -0.4 is 5.32 Å². The Morgan fingerprint density at radius 3 is 2.61 bits per heavy atom. The minimum atomic E-state index is -0.940. The second-order valence-electron chi connectivity index (χ2n) is 6.37. The van der Waals surface area contributed by atoms with Crippen molar-refractivity contribution in [1.29, 1.82) is 0 Å². The number of aryl methyl sites for hydroxylation is 1. The Morgan fingerprint density at radius 1 is 1.30 bits per heavy atom. The van der Waals surface area contributed by atoms with Gasteiger partial charge < -0.3 is 10.4 Å². The molecule has 1 fully saturated rings. The number of carbonyl (C=O) groups is 2. The summed E-state index contributed by atoms with van der Waals surface area (Å²) in [5, 5.41) is 16.3. The maximum absolute atomic E-state index is 12.5. The van der Waals surface area contributed by atoms with E-state index in [0.29, 0.717) is 11.6 Å². The lowest BCUT2D eigenvalue weighted by Crippen LogP contribution is -2.20. The number of amides is 1. The molecule has 0 aliphatic heterocycles. The van der Waals surface area contributed by atoms with Crippen molar-refractivity contribution in [3.63, 3.8) is 0 Å². The first-order valence-corrected chi connectivity index (χ1v) is 7.34. The molecule has 2 heterocycles. The number of aromatic nitrogens is 3. The fourth-order valence-electron chi connectivity index (χ4n) is 3.03. The van der Waals surface area contributed by atoms with Crippen molar-refractivity contribution in [3.8, 4) is 5.82 Å². The predicted octanol–water partition coefficient (Wildman–Crippen LogP) is 1.87. The minimum absolute atomic E-state index is 0.306. The number of nitrogens with one attached hydrogen (secondary N) is 1. The number of hydrogen-bond donors (Lipinski definition) is 2. The number of rotatable bonds is 4. The SMILES string of the molecule is Cc1cc(NC(=O)[C@@H]2[C@H](C(=O)O)C2(C)C)n(-c2ccccn2)n1. The zero-order valence-corrected chi connectivity index (χ0v) is 13.1. The molecular weight excluding hydrogens is 296 g/mol. The summed E-state index contributed by atoms with van der Waals surface area (Å²) in [7, 11) is 0. The molecule has 1 aliphatic carbocycles. The summed E-state index contributed by atoms with van der Waals surface area (Å²) < 4.78 is 1.54. The number of pyridine rings is 1. The molecule has 1 saturated carbocycles. The Bertz CT molecular complexity index is 767. The summed E-state index contributed by atoms with van der Waals surface area (Å²) in [5.41, 5.74) is 0.191. The van der Waals surface area contributed by atoms with Crippen molar-refractivity contribution in [2.45, 2.75) is 20.8 Å². The summed E-state index contributed by atoms with van der Waals surface area (Å²) >= 11 is 0. The smallest absolute Gasteiger partial charge is 0.307 e. The van der Waals surface area contributed by atoms with Crippen molar-refractivity contribution >= 4 is 17.7 Å². The van der Waals surface area contributed by atoms with E-state index in [1.807, 2.05) is 13.0 Å². The highest BCUT2D eigenvalue weighted by Gasteiger charge is 2.66. The average molecular weight is 314 g/mol. The third kappa shape index (κ3) is 2.58. The molecule has 2 aromatic heterocycles. The van der Waals surface area contributed by atoms with Crippen LogP contribution in [0, 0.1) is 24.2 Å². The summed E-state index contributed by atoms with van der Waals surface area (Å²) in [6, 6.07) is 7.14. The fourth-order valence-corrected chi connectivity index (χ4v) is 3.03. The van der Waals surface area contributed by atoms with Gasteiger partial charge in [-0.25, -0.2) is 4.98 Å². The van der Waals surface area contributed by atoms with Crippen molar-refractivity contribution in [1.82, 2.24) is 14.8 Å². The molecule has 120 valence electrons. The highest BCUT2D eigenvalue weighted by atomic mass is 16.4. The molecule has 7 nitrogen and oxygen atoms in total. The summed E-state index contributed by atoms with van der Waals surface area (Å²) in [6.45, 7) is 5.39. The molecule has 0 aromatic carbocycles. The largest absolute Gasteiger partial charge is 0.481 e. The van der Waals surface area contributed by atoms with E-state index in [4.69, 9.17) is 0 Å². The molecule has 0 saturated heterocycles. The van der Waals surface area contributed by atoms with Gasteiger partial charge in [-0.3, -0.25) is 9.59 Å². The van der Waals surface area contributed by atoms with E-state index in [-0.39, 0.29) is 5.91 Å². The van der Waals surface area contributed by atoms with E-state index in [0.717, 1.165) is 5.69 Å². The van der Waals surface area contributed by atoms with Crippen molar-refractivity contribution in [2.24, 2.45) is 17.3 Å². The highest BCUT2D eigenvalue weighted by molar-refractivity contribution is 5.99. The molecule has 3 rings (SSSR count). The van der Waals surface area contributed by atoms with Crippen LogP contribution in [-0.2, 0) is 9.59 Å². The summed E-state index contributed by atoms with van der Waals surface area (Å²) in [5.74, 6) is -1.38. The molecule has 2 atom stereocenters. The first-order chi connectivity index (χ1) is 10.8. The monoisotopic (exact) mass is 314 g/mol. The maximum Gasteiger partial charge on any atom is 0.307 e. The van der Waals surface area contributed by atoms with Gasteiger partial charge in [0.1, 0.15) is 5.82 Å². The number of nitrogens with zero attached hydrogens (tertiary/aromatic N) is 3. The lowest BCUT2D eigenvalue weighted by Gasteiger charge is -2.08. The van der Waals surface area contributed by atoms with Crippen LogP contribution in [0.5, 0.6) is 0 Å². The Hall–Kier alpha value is -2.70. The Labute approximate surface area is 133 Å². The van der Waals surface area contributed by atoms with E-state index < -0.39 is 23.2 Å². The topological polar surface area (TPSA) is 97.1 Å². The molecule has 0 radical (unpaired) electrons. The summed E-state index contributed by atoms with van der Waals surface area (Å²) in [4.78, 5) is 27.9. The average Bonchev–Trinajstić information content (AvgIpc) is 2.89. The van der Waals surface area contributed by atoms with Gasteiger partial charge >= 0.3 is 5.97 Å². The van der Waals surface area contributed by atoms with Crippen LogP contribution in [0.15, 0.2) is 30.5 Å². The quantitative estimate of drug-likeness (QED) is 0.898. The molecule has 2 aromatic rings. The van der Waals surface area contributed by atoms with Gasteiger partial charge in [0, 0.05) is 12.3 Å². The number of anilines is 1. The Morgan fingerprint density at radius 2 is 2.04 bits per heavy atom. The van der Waals surface area contributed by atoms with Gasteiger partial charge in [-0.1, -0.05) is 19.9 Å². The van der Waals surface area contributed by atoms with E-state index in [9.17, 15) is 14.7 Å². The van der Waals surface area contributed by atoms with Crippen LogP contribution >= 0.6 is 0 Å². The molecule has 0 spiro atoms. The van der Waals surface area contributed by atoms with Gasteiger partial charge in [0.25, 0.3) is 0 Å². The van der Waals surface area contributed by atoms with E-state index >= 15 is 0 Å². The number of carbonyl (C=O) groups excluding carboxylic acids is 1.